The fourth-order valence-electron chi connectivity index (χ4n) is 3.74. The summed E-state index contributed by atoms with van der Waals surface area (Å²) in [4.78, 5) is 29.7. The van der Waals surface area contributed by atoms with E-state index in [0.29, 0.717) is 44.0 Å². The molecule has 0 saturated carbocycles. The highest BCUT2D eigenvalue weighted by atomic mass is 16.5. The Morgan fingerprint density at radius 3 is 2.21 bits per heavy atom. The highest BCUT2D eigenvalue weighted by Gasteiger charge is 2.25. The van der Waals surface area contributed by atoms with Gasteiger partial charge in [0.1, 0.15) is 11.5 Å². The average Bonchev–Trinajstić information content (AvgIpc) is 3.19. The van der Waals surface area contributed by atoms with Gasteiger partial charge in [-0.2, -0.15) is 0 Å². The van der Waals surface area contributed by atoms with Crippen molar-refractivity contribution in [2.45, 2.75) is 60.4 Å². The van der Waals surface area contributed by atoms with Crippen LogP contribution in [-0.4, -0.2) is 55.5 Å². The molecule has 0 aliphatic heterocycles. The van der Waals surface area contributed by atoms with Crippen molar-refractivity contribution < 1.29 is 23.5 Å². The van der Waals surface area contributed by atoms with Crippen LogP contribution < -0.4 is 9.47 Å². The number of carbonyl (C=O) groups excluding carboxylic acids is 2. The van der Waals surface area contributed by atoms with Crippen LogP contribution in [0, 0.1) is 12.3 Å². The number of ether oxygens (including phenoxy) is 2. The second-order valence-corrected chi connectivity index (χ2v) is 9.82. The van der Waals surface area contributed by atoms with E-state index in [9.17, 15) is 9.59 Å². The van der Waals surface area contributed by atoms with Crippen LogP contribution in [0.15, 0.2) is 34.7 Å². The number of hydrogen-bond acceptors (Lipinski definition) is 5. The third kappa shape index (κ3) is 8.43. The molecule has 7 heteroatoms. The quantitative estimate of drug-likeness (QED) is 0.442. The molecule has 34 heavy (non-hydrogen) atoms. The molecule has 0 unspecified atom stereocenters. The number of amides is 2. The summed E-state index contributed by atoms with van der Waals surface area (Å²) in [5.74, 6) is 2.76. The molecule has 0 fully saturated rings. The minimum absolute atomic E-state index is 0.0105. The molecule has 1 aromatic carbocycles. The van der Waals surface area contributed by atoms with E-state index >= 15 is 0 Å². The van der Waals surface area contributed by atoms with Crippen LogP contribution in [0.1, 0.15) is 57.6 Å². The molecule has 2 aromatic rings. The molecule has 2 rings (SSSR count). The van der Waals surface area contributed by atoms with Crippen LogP contribution in [0.2, 0.25) is 0 Å². The first-order valence-corrected chi connectivity index (χ1v) is 11.9. The molecule has 0 aliphatic rings. The summed E-state index contributed by atoms with van der Waals surface area (Å²) in [6, 6.07) is 9.54. The van der Waals surface area contributed by atoms with Gasteiger partial charge < -0.3 is 23.7 Å². The summed E-state index contributed by atoms with van der Waals surface area (Å²) >= 11 is 0. The zero-order chi connectivity index (χ0) is 25.3. The molecule has 1 heterocycles. The van der Waals surface area contributed by atoms with Crippen molar-refractivity contribution in [1.29, 1.82) is 0 Å². The first-order chi connectivity index (χ1) is 16.1. The van der Waals surface area contributed by atoms with Gasteiger partial charge in [-0.05, 0) is 55.0 Å². The topological polar surface area (TPSA) is 72.2 Å². The Labute approximate surface area is 204 Å². The summed E-state index contributed by atoms with van der Waals surface area (Å²) < 4.78 is 16.5. The van der Waals surface area contributed by atoms with E-state index in [1.165, 1.54) is 0 Å². The van der Waals surface area contributed by atoms with Crippen molar-refractivity contribution in [1.82, 2.24) is 9.80 Å². The van der Waals surface area contributed by atoms with Crippen molar-refractivity contribution in [3.8, 4) is 11.5 Å². The van der Waals surface area contributed by atoms with Gasteiger partial charge in [-0.1, -0.05) is 33.8 Å². The Bertz CT molecular complexity index is 945. The minimum atomic E-state index is -0.134. The molecule has 0 aliphatic carbocycles. The van der Waals surface area contributed by atoms with E-state index in [1.807, 2.05) is 65.0 Å². The largest absolute Gasteiger partial charge is 0.493 e. The van der Waals surface area contributed by atoms with Crippen molar-refractivity contribution >= 4 is 11.8 Å². The summed E-state index contributed by atoms with van der Waals surface area (Å²) in [5, 5.41) is 0. The van der Waals surface area contributed by atoms with E-state index in [2.05, 4.69) is 0 Å². The van der Waals surface area contributed by atoms with Gasteiger partial charge in [-0.25, -0.2) is 0 Å². The number of rotatable bonds is 12. The summed E-state index contributed by atoms with van der Waals surface area (Å²) in [6.07, 6.45) is 1.84. The molecular formula is C27H40N2O5. The third-order valence-electron chi connectivity index (χ3n) is 5.47. The molecule has 1 aromatic heterocycles. The van der Waals surface area contributed by atoms with Gasteiger partial charge in [0.15, 0.2) is 11.5 Å². The maximum absolute atomic E-state index is 13.4. The van der Waals surface area contributed by atoms with Gasteiger partial charge in [-0.3, -0.25) is 9.59 Å². The molecule has 0 bridgehead atoms. The highest BCUT2D eigenvalue weighted by Crippen LogP contribution is 2.28. The summed E-state index contributed by atoms with van der Waals surface area (Å²) in [5.41, 5.74) is 0.894. The number of nitrogens with zero attached hydrogens (tertiary/aromatic N) is 2. The molecule has 7 nitrogen and oxygen atoms in total. The van der Waals surface area contributed by atoms with Gasteiger partial charge in [0.25, 0.3) is 0 Å². The fraction of sp³-hybridized carbons (Fsp3) is 0.556. The van der Waals surface area contributed by atoms with Crippen LogP contribution >= 0.6 is 0 Å². The van der Waals surface area contributed by atoms with Crippen molar-refractivity contribution in [3.63, 3.8) is 0 Å². The average molecular weight is 473 g/mol. The van der Waals surface area contributed by atoms with Crippen molar-refractivity contribution in [3.05, 3.63) is 47.4 Å². The van der Waals surface area contributed by atoms with E-state index in [4.69, 9.17) is 13.9 Å². The van der Waals surface area contributed by atoms with Gasteiger partial charge in [0, 0.05) is 19.5 Å². The number of hydrogen-bond donors (Lipinski definition) is 0. The Balaban J connectivity index is 2.18. The van der Waals surface area contributed by atoms with E-state index in [1.54, 1.807) is 24.0 Å². The van der Waals surface area contributed by atoms with Gasteiger partial charge in [-0.15, -0.1) is 0 Å². The number of methoxy groups -OCH3 is 2. The lowest BCUT2D eigenvalue weighted by atomic mass is 9.91. The fourth-order valence-corrected chi connectivity index (χ4v) is 3.74. The lowest BCUT2D eigenvalue weighted by Gasteiger charge is -2.29. The Kier molecular flexibility index (Phi) is 10.0. The van der Waals surface area contributed by atoms with E-state index in [0.717, 1.165) is 23.5 Å². The van der Waals surface area contributed by atoms with Crippen LogP contribution in [0.5, 0.6) is 11.5 Å². The zero-order valence-corrected chi connectivity index (χ0v) is 21.8. The normalized spacial score (nSPS) is 11.3. The first-order valence-electron chi connectivity index (χ1n) is 11.9. The minimum Gasteiger partial charge on any atom is -0.493 e. The number of benzene rings is 1. The molecule has 0 atom stereocenters. The molecular weight excluding hydrogens is 432 g/mol. The van der Waals surface area contributed by atoms with Crippen LogP contribution in [-0.2, 0) is 22.6 Å². The van der Waals surface area contributed by atoms with Crippen LogP contribution in [0.4, 0.5) is 0 Å². The van der Waals surface area contributed by atoms with Crippen molar-refractivity contribution in [2.75, 3.05) is 33.9 Å². The summed E-state index contributed by atoms with van der Waals surface area (Å²) in [7, 11) is 3.21. The predicted octanol–water partition coefficient (Wildman–Crippen LogP) is 4.85. The van der Waals surface area contributed by atoms with Gasteiger partial charge >= 0.3 is 0 Å². The highest BCUT2D eigenvalue weighted by molar-refractivity contribution is 5.85. The number of aryl methyl sites for hydroxylation is 1. The Morgan fingerprint density at radius 1 is 0.941 bits per heavy atom. The second kappa shape index (κ2) is 12.5. The maximum Gasteiger partial charge on any atom is 0.242 e. The van der Waals surface area contributed by atoms with Crippen molar-refractivity contribution in [2.24, 2.45) is 5.41 Å². The SMILES string of the molecule is CCCN(CC(=O)N(CCc1ccc(OC)c(OC)c1)Cc1ccc(C)o1)C(=O)CC(C)(C)C. The first kappa shape index (κ1) is 27.3. The zero-order valence-electron chi connectivity index (χ0n) is 21.8. The van der Waals surface area contributed by atoms with Gasteiger partial charge in [0.2, 0.25) is 11.8 Å². The maximum atomic E-state index is 13.4. The smallest absolute Gasteiger partial charge is 0.242 e. The third-order valence-corrected chi connectivity index (χ3v) is 5.47. The monoisotopic (exact) mass is 472 g/mol. The van der Waals surface area contributed by atoms with E-state index in [-0.39, 0.29) is 23.8 Å². The predicted molar refractivity (Wildman–Crippen MR) is 133 cm³/mol. The standard InChI is InChI=1S/C27H40N2O5/c1-8-14-28(25(30)17-27(3,4)5)19-26(31)29(18-22-11-9-20(2)34-22)15-13-21-10-12-23(32-6)24(16-21)33-7/h9-12,16H,8,13-15,17-19H2,1-7H3. The lowest BCUT2D eigenvalue weighted by molar-refractivity contribution is -0.142. The lowest BCUT2D eigenvalue weighted by Crippen LogP contribution is -2.44. The second-order valence-electron chi connectivity index (χ2n) is 9.82. The number of furan rings is 1. The van der Waals surface area contributed by atoms with Crippen LogP contribution in [0.25, 0.3) is 0 Å². The molecule has 0 radical (unpaired) electrons. The summed E-state index contributed by atoms with van der Waals surface area (Å²) in [6.45, 7) is 11.5. The Morgan fingerprint density at radius 2 is 1.65 bits per heavy atom. The van der Waals surface area contributed by atoms with E-state index < -0.39 is 0 Å². The molecule has 0 saturated heterocycles. The molecule has 0 N–H and O–H groups in total. The van der Waals surface area contributed by atoms with Crippen LogP contribution in [0.3, 0.4) is 0 Å². The molecule has 2 amide bonds. The molecule has 0 spiro atoms. The molecule has 188 valence electrons. The Hall–Kier alpha value is -2.96. The number of carbonyl (C=O) groups is 2. The van der Waals surface area contributed by atoms with Gasteiger partial charge in [0.05, 0.1) is 27.3 Å².